The lowest BCUT2D eigenvalue weighted by Gasteiger charge is -2.19. The lowest BCUT2D eigenvalue weighted by molar-refractivity contribution is 0.0793. The molecule has 1 aliphatic rings. The molecule has 0 atom stereocenters. The monoisotopic (exact) mass is 374 g/mol. The van der Waals surface area contributed by atoms with E-state index in [0.717, 1.165) is 48.4 Å². The second kappa shape index (κ2) is 7.58. The van der Waals surface area contributed by atoms with Gasteiger partial charge < -0.3 is 10.2 Å². The summed E-state index contributed by atoms with van der Waals surface area (Å²) in [5, 5.41) is 4.34. The van der Waals surface area contributed by atoms with Crippen molar-refractivity contribution in [2.75, 3.05) is 18.4 Å². The minimum Gasteiger partial charge on any atom is -0.354 e. The topological polar surface area (TPSA) is 58.1 Å². The summed E-state index contributed by atoms with van der Waals surface area (Å²) in [6, 6.07) is 12.3. The van der Waals surface area contributed by atoms with Crippen LogP contribution in [0.25, 0.3) is 11.0 Å². The largest absolute Gasteiger partial charge is 0.354 e. The summed E-state index contributed by atoms with van der Waals surface area (Å²) in [5.41, 5.74) is 5.19. The molecule has 1 fully saturated rings. The van der Waals surface area contributed by atoms with Crippen LogP contribution in [-0.2, 0) is 0 Å². The van der Waals surface area contributed by atoms with Crippen LogP contribution in [0.1, 0.15) is 54.2 Å². The summed E-state index contributed by atoms with van der Waals surface area (Å²) in [6.45, 7) is 7.93. The second-order valence-electron chi connectivity index (χ2n) is 7.77. The number of benzene rings is 1. The number of likely N-dealkylation sites (tertiary alicyclic amines) is 1. The van der Waals surface area contributed by atoms with Crippen molar-refractivity contribution in [2.45, 2.75) is 39.5 Å². The maximum Gasteiger partial charge on any atom is 0.257 e. The maximum atomic E-state index is 13.1. The van der Waals surface area contributed by atoms with Crippen molar-refractivity contribution in [3.8, 4) is 0 Å². The number of pyridine rings is 2. The first-order valence-electron chi connectivity index (χ1n) is 9.95. The van der Waals surface area contributed by atoms with Crippen LogP contribution in [-0.4, -0.2) is 33.9 Å². The van der Waals surface area contributed by atoms with E-state index in [2.05, 4.69) is 53.4 Å². The summed E-state index contributed by atoms with van der Waals surface area (Å²) >= 11 is 0. The smallest absolute Gasteiger partial charge is 0.257 e. The number of nitrogens with zero attached hydrogens (tertiary/aromatic N) is 3. The molecule has 0 radical (unpaired) electrons. The molecule has 0 saturated carbocycles. The summed E-state index contributed by atoms with van der Waals surface area (Å²) in [6.07, 6.45) is 3.79. The predicted molar refractivity (Wildman–Crippen MR) is 113 cm³/mol. The second-order valence-corrected chi connectivity index (χ2v) is 7.77. The van der Waals surface area contributed by atoms with Gasteiger partial charge in [-0.15, -0.1) is 0 Å². The van der Waals surface area contributed by atoms with Crippen LogP contribution in [0.2, 0.25) is 0 Å². The molecule has 3 aromatic rings. The average molecular weight is 374 g/mol. The first kappa shape index (κ1) is 18.4. The first-order chi connectivity index (χ1) is 13.5. The van der Waals surface area contributed by atoms with Crippen molar-refractivity contribution in [2.24, 2.45) is 0 Å². The lowest BCUT2D eigenvalue weighted by Crippen LogP contribution is -2.28. The van der Waals surface area contributed by atoms with Crippen LogP contribution < -0.4 is 5.32 Å². The number of anilines is 2. The number of carbonyl (C=O) groups excluding carboxylic acids is 1. The highest BCUT2D eigenvalue weighted by molar-refractivity contribution is 6.07. The van der Waals surface area contributed by atoms with Crippen LogP contribution in [0.15, 0.2) is 42.6 Å². The van der Waals surface area contributed by atoms with Gasteiger partial charge in [-0.3, -0.25) is 4.79 Å². The fourth-order valence-electron chi connectivity index (χ4n) is 3.65. The molecule has 0 spiro atoms. The Morgan fingerprint density at radius 2 is 1.79 bits per heavy atom. The van der Waals surface area contributed by atoms with Gasteiger partial charge in [0.1, 0.15) is 0 Å². The number of aryl methyl sites for hydroxylation is 1. The zero-order valence-electron chi connectivity index (χ0n) is 16.7. The molecule has 1 N–H and O–H groups in total. The van der Waals surface area contributed by atoms with Crippen LogP contribution in [0.4, 0.5) is 11.4 Å². The SMILES string of the molecule is Cc1ccc2c(Nc3ccc(C(C)C)cc3)c(C(=O)N3CCCC3)cnc2n1. The molecule has 0 bridgehead atoms. The molecule has 3 heterocycles. The number of hydrogen-bond donors (Lipinski definition) is 1. The summed E-state index contributed by atoms with van der Waals surface area (Å²) in [5.74, 6) is 0.518. The summed E-state index contributed by atoms with van der Waals surface area (Å²) in [4.78, 5) is 24.1. The van der Waals surface area contributed by atoms with E-state index in [1.165, 1.54) is 5.56 Å². The van der Waals surface area contributed by atoms with Gasteiger partial charge in [-0.25, -0.2) is 9.97 Å². The number of fused-ring (bicyclic) bond motifs is 1. The van der Waals surface area contributed by atoms with Gasteiger partial charge in [0.25, 0.3) is 5.91 Å². The van der Waals surface area contributed by atoms with Gasteiger partial charge in [-0.1, -0.05) is 26.0 Å². The Hall–Kier alpha value is -2.95. The number of hydrogen-bond acceptors (Lipinski definition) is 4. The molecule has 28 heavy (non-hydrogen) atoms. The van der Waals surface area contributed by atoms with E-state index < -0.39 is 0 Å². The number of carbonyl (C=O) groups is 1. The first-order valence-corrected chi connectivity index (χ1v) is 9.95. The Bertz CT molecular complexity index is 1010. The fourth-order valence-corrected chi connectivity index (χ4v) is 3.65. The minimum absolute atomic E-state index is 0.0359. The van der Waals surface area contributed by atoms with E-state index >= 15 is 0 Å². The molecule has 4 rings (SSSR count). The van der Waals surface area contributed by atoms with E-state index in [-0.39, 0.29) is 5.91 Å². The zero-order valence-corrected chi connectivity index (χ0v) is 16.7. The van der Waals surface area contributed by atoms with E-state index in [9.17, 15) is 4.79 Å². The average Bonchev–Trinajstić information content (AvgIpc) is 3.22. The minimum atomic E-state index is 0.0359. The van der Waals surface area contributed by atoms with E-state index in [4.69, 9.17) is 0 Å². The van der Waals surface area contributed by atoms with Crippen LogP contribution in [0, 0.1) is 6.92 Å². The highest BCUT2D eigenvalue weighted by atomic mass is 16.2. The van der Waals surface area contributed by atoms with Gasteiger partial charge >= 0.3 is 0 Å². The van der Waals surface area contributed by atoms with Crippen molar-refractivity contribution >= 4 is 28.3 Å². The van der Waals surface area contributed by atoms with Crippen LogP contribution >= 0.6 is 0 Å². The maximum absolute atomic E-state index is 13.1. The molecule has 0 unspecified atom stereocenters. The van der Waals surface area contributed by atoms with Crippen molar-refractivity contribution in [1.82, 2.24) is 14.9 Å². The zero-order chi connectivity index (χ0) is 19.7. The van der Waals surface area contributed by atoms with Gasteiger partial charge in [0.05, 0.1) is 11.3 Å². The Balaban J connectivity index is 1.78. The van der Waals surface area contributed by atoms with E-state index in [1.54, 1.807) is 6.20 Å². The quantitative estimate of drug-likeness (QED) is 0.695. The number of rotatable bonds is 4. The lowest BCUT2D eigenvalue weighted by atomic mass is 10.0. The molecular formula is C23H26N4O. The molecule has 1 aromatic carbocycles. The van der Waals surface area contributed by atoms with Crippen LogP contribution in [0.3, 0.4) is 0 Å². The van der Waals surface area contributed by atoms with Gasteiger partial charge in [-0.05, 0) is 55.5 Å². The number of nitrogens with one attached hydrogen (secondary N) is 1. The van der Waals surface area contributed by atoms with Gasteiger partial charge in [0, 0.05) is 36.1 Å². The van der Waals surface area contributed by atoms with Crippen molar-refractivity contribution < 1.29 is 4.79 Å². The molecule has 0 aliphatic carbocycles. The van der Waals surface area contributed by atoms with Crippen molar-refractivity contribution in [3.63, 3.8) is 0 Å². The number of aromatic nitrogens is 2. The normalized spacial score (nSPS) is 14.1. The van der Waals surface area contributed by atoms with Gasteiger partial charge in [0.2, 0.25) is 0 Å². The molecule has 144 valence electrons. The van der Waals surface area contributed by atoms with Gasteiger partial charge in [-0.2, -0.15) is 0 Å². The molecule has 5 heteroatoms. The third-order valence-electron chi connectivity index (χ3n) is 5.34. The Morgan fingerprint density at radius 1 is 1.07 bits per heavy atom. The molecule has 1 amide bonds. The van der Waals surface area contributed by atoms with Crippen molar-refractivity contribution in [3.05, 3.63) is 59.4 Å². The van der Waals surface area contributed by atoms with E-state index in [1.807, 2.05) is 24.0 Å². The third kappa shape index (κ3) is 3.57. The molecule has 1 aliphatic heterocycles. The molecule has 2 aromatic heterocycles. The Kier molecular flexibility index (Phi) is 4.99. The predicted octanol–water partition coefficient (Wildman–Crippen LogP) is 5.04. The Morgan fingerprint density at radius 3 is 2.46 bits per heavy atom. The van der Waals surface area contributed by atoms with Crippen LogP contribution in [0.5, 0.6) is 0 Å². The summed E-state index contributed by atoms with van der Waals surface area (Å²) in [7, 11) is 0. The molecule has 1 saturated heterocycles. The van der Waals surface area contributed by atoms with E-state index in [0.29, 0.717) is 17.1 Å². The molecular weight excluding hydrogens is 348 g/mol. The van der Waals surface area contributed by atoms with Crippen molar-refractivity contribution in [1.29, 1.82) is 0 Å². The summed E-state index contributed by atoms with van der Waals surface area (Å²) < 4.78 is 0. The molecule has 5 nitrogen and oxygen atoms in total. The highest BCUT2D eigenvalue weighted by Gasteiger charge is 2.24. The number of amides is 1. The highest BCUT2D eigenvalue weighted by Crippen LogP contribution is 2.31. The standard InChI is InChI=1S/C23H26N4O/c1-15(2)17-7-9-18(10-8-17)26-21-19-11-6-16(3)25-22(19)24-14-20(21)23(28)27-12-4-5-13-27/h6-11,14-15H,4-5,12-13H2,1-3H3,(H,24,25,26). The fraction of sp³-hybridized carbons (Fsp3) is 0.348. The van der Waals surface area contributed by atoms with Gasteiger partial charge in [0.15, 0.2) is 5.65 Å². The third-order valence-corrected chi connectivity index (χ3v) is 5.34. The Labute approximate surface area is 165 Å².